The minimum absolute atomic E-state index is 0.160. The van der Waals surface area contributed by atoms with Gasteiger partial charge in [-0.05, 0) is 36.4 Å². The molecule has 0 spiro atoms. The highest BCUT2D eigenvalue weighted by atomic mass is 32.1. The maximum atomic E-state index is 13.0. The van der Waals surface area contributed by atoms with Crippen molar-refractivity contribution < 1.29 is 9.53 Å². The molecule has 0 bridgehead atoms. The van der Waals surface area contributed by atoms with Crippen molar-refractivity contribution in [3.8, 4) is 0 Å². The van der Waals surface area contributed by atoms with Gasteiger partial charge in [0, 0.05) is 56.5 Å². The summed E-state index contributed by atoms with van der Waals surface area (Å²) >= 11 is 1.73. The first-order valence-corrected chi connectivity index (χ1v) is 9.98. The Kier molecular flexibility index (Phi) is 5.20. The third-order valence-electron chi connectivity index (χ3n) is 5.26. The molecule has 6 heteroatoms. The quantitative estimate of drug-likeness (QED) is 0.842. The first-order valence-electron chi connectivity index (χ1n) is 9.10. The van der Waals surface area contributed by atoms with Crippen LogP contribution in [-0.2, 0) is 11.3 Å². The van der Waals surface area contributed by atoms with Gasteiger partial charge in [0.1, 0.15) is 5.69 Å². The summed E-state index contributed by atoms with van der Waals surface area (Å²) in [5, 5.41) is 2.08. The molecule has 0 unspecified atom stereocenters. The monoisotopic (exact) mass is 359 g/mol. The third kappa shape index (κ3) is 3.81. The van der Waals surface area contributed by atoms with E-state index in [1.807, 2.05) is 23.2 Å². The molecule has 2 aromatic heterocycles. The van der Waals surface area contributed by atoms with E-state index in [1.54, 1.807) is 11.3 Å². The highest BCUT2D eigenvalue weighted by molar-refractivity contribution is 7.09. The van der Waals surface area contributed by atoms with E-state index in [4.69, 9.17) is 4.74 Å². The second kappa shape index (κ2) is 7.72. The number of rotatable bonds is 4. The first kappa shape index (κ1) is 16.8. The van der Waals surface area contributed by atoms with E-state index in [1.165, 1.54) is 4.88 Å². The summed E-state index contributed by atoms with van der Waals surface area (Å²) in [5.41, 5.74) is 0.799. The van der Waals surface area contributed by atoms with Gasteiger partial charge in [0.15, 0.2) is 0 Å². The minimum Gasteiger partial charge on any atom is -0.381 e. The zero-order valence-corrected chi connectivity index (χ0v) is 15.3. The number of thiophene rings is 1. The fraction of sp³-hybridized carbons (Fsp3) is 0.526. The van der Waals surface area contributed by atoms with Gasteiger partial charge < -0.3 is 14.2 Å². The molecule has 2 aliphatic rings. The summed E-state index contributed by atoms with van der Waals surface area (Å²) in [6.07, 6.45) is 4.25. The van der Waals surface area contributed by atoms with Crippen molar-refractivity contribution >= 4 is 17.2 Å². The summed E-state index contributed by atoms with van der Waals surface area (Å²) in [6.45, 7) is 6.11. The van der Waals surface area contributed by atoms with E-state index in [0.29, 0.717) is 6.04 Å². The van der Waals surface area contributed by atoms with Crippen molar-refractivity contribution in [1.29, 1.82) is 0 Å². The van der Waals surface area contributed by atoms with Crippen LogP contribution in [0.2, 0.25) is 0 Å². The summed E-state index contributed by atoms with van der Waals surface area (Å²) in [5.74, 6) is 0.160. The Morgan fingerprint density at radius 1 is 1.12 bits per heavy atom. The number of carbonyl (C=O) groups is 1. The van der Waals surface area contributed by atoms with E-state index in [2.05, 4.69) is 27.0 Å². The van der Waals surface area contributed by atoms with Gasteiger partial charge in [0.2, 0.25) is 0 Å². The van der Waals surface area contributed by atoms with Crippen molar-refractivity contribution in [2.45, 2.75) is 25.4 Å². The Bertz CT molecular complexity index is 683. The maximum Gasteiger partial charge on any atom is 0.270 e. The Hall–Kier alpha value is -1.63. The van der Waals surface area contributed by atoms with E-state index >= 15 is 0 Å². The van der Waals surface area contributed by atoms with Crippen LogP contribution in [-0.4, -0.2) is 65.7 Å². The van der Waals surface area contributed by atoms with Gasteiger partial charge in [-0.1, -0.05) is 6.07 Å². The summed E-state index contributed by atoms with van der Waals surface area (Å²) in [7, 11) is 0. The van der Waals surface area contributed by atoms with Crippen LogP contribution in [0.25, 0.3) is 0 Å². The van der Waals surface area contributed by atoms with Crippen LogP contribution in [0, 0.1) is 0 Å². The Morgan fingerprint density at radius 2 is 1.92 bits per heavy atom. The van der Waals surface area contributed by atoms with Crippen LogP contribution in [0.4, 0.5) is 0 Å². The molecule has 134 valence electrons. The second-order valence-corrected chi connectivity index (χ2v) is 7.80. The SMILES string of the molecule is O=C(c1cccn1Cc1cccs1)N1CCN(C2CCOCC2)CC1. The third-order valence-corrected chi connectivity index (χ3v) is 6.12. The molecule has 4 rings (SSSR count). The lowest BCUT2D eigenvalue weighted by molar-refractivity contribution is 0.0135. The molecule has 0 atom stereocenters. The number of hydrogen-bond acceptors (Lipinski definition) is 4. The maximum absolute atomic E-state index is 13.0. The molecule has 0 saturated carbocycles. The number of carbonyl (C=O) groups excluding carboxylic acids is 1. The summed E-state index contributed by atoms with van der Waals surface area (Å²) in [6, 6.07) is 8.72. The number of aromatic nitrogens is 1. The predicted octanol–water partition coefficient (Wildman–Crippen LogP) is 2.53. The molecule has 0 N–H and O–H groups in total. The van der Waals surface area contributed by atoms with Crippen molar-refractivity contribution in [3.05, 3.63) is 46.4 Å². The largest absolute Gasteiger partial charge is 0.381 e. The average Bonchev–Trinajstić information content (AvgIpc) is 3.34. The highest BCUT2D eigenvalue weighted by Gasteiger charge is 2.28. The van der Waals surface area contributed by atoms with Crippen molar-refractivity contribution in [2.24, 2.45) is 0 Å². The summed E-state index contributed by atoms with van der Waals surface area (Å²) < 4.78 is 7.53. The highest BCUT2D eigenvalue weighted by Crippen LogP contribution is 2.19. The van der Waals surface area contributed by atoms with E-state index < -0.39 is 0 Å². The van der Waals surface area contributed by atoms with Gasteiger partial charge in [-0.15, -0.1) is 11.3 Å². The van der Waals surface area contributed by atoms with Crippen LogP contribution in [0.5, 0.6) is 0 Å². The topological polar surface area (TPSA) is 37.7 Å². The summed E-state index contributed by atoms with van der Waals surface area (Å²) in [4.78, 5) is 18.8. The van der Waals surface area contributed by atoms with Gasteiger partial charge in [-0.2, -0.15) is 0 Å². The number of nitrogens with zero attached hydrogens (tertiary/aromatic N) is 3. The van der Waals surface area contributed by atoms with E-state index in [-0.39, 0.29) is 5.91 Å². The molecule has 2 fully saturated rings. The van der Waals surface area contributed by atoms with Gasteiger partial charge in [0.05, 0.1) is 6.54 Å². The molecule has 4 heterocycles. The predicted molar refractivity (Wildman–Crippen MR) is 99.2 cm³/mol. The van der Waals surface area contributed by atoms with Crippen LogP contribution in [0.3, 0.4) is 0 Å². The fourth-order valence-electron chi connectivity index (χ4n) is 3.82. The minimum atomic E-state index is 0.160. The van der Waals surface area contributed by atoms with Gasteiger partial charge in [-0.3, -0.25) is 9.69 Å². The van der Waals surface area contributed by atoms with Gasteiger partial charge >= 0.3 is 0 Å². The van der Waals surface area contributed by atoms with Crippen LogP contribution in [0.15, 0.2) is 35.8 Å². The average molecular weight is 359 g/mol. The number of piperazine rings is 1. The second-order valence-electron chi connectivity index (χ2n) is 6.77. The lowest BCUT2D eigenvalue weighted by Gasteiger charge is -2.40. The fourth-order valence-corrected chi connectivity index (χ4v) is 4.52. The molecule has 0 aromatic carbocycles. The Morgan fingerprint density at radius 3 is 2.64 bits per heavy atom. The lowest BCUT2D eigenvalue weighted by Crippen LogP contribution is -2.53. The van der Waals surface area contributed by atoms with Crippen molar-refractivity contribution in [2.75, 3.05) is 39.4 Å². The van der Waals surface area contributed by atoms with Gasteiger partial charge in [0.25, 0.3) is 5.91 Å². The normalized spacial score (nSPS) is 20.1. The molecule has 2 aromatic rings. The molecule has 1 amide bonds. The standard InChI is InChI=1S/C19H25N3O2S/c23-19(18-4-1-7-22(18)15-17-3-2-14-25-17)21-10-8-20(9-11-21)16-5-12-24-13-6-16/h1-4,7,14,16H,5-6,8-13,15H2. The van der Waals surface area contributed by atoms with Crippen molar-refractivity contribution in [1.82, 2.24) is 14.4 Å². The van der Waals surface area contributed by atoms with Crippen molar-refractivity contribution in [3.63, 3.8) is 0 Å². The first-order chi connectivity index (χ1) is 12.3. The zero-order chi connectivity index (χ0) is 17.1. The molecular formula is C19H25N3O2S. The molecular weight excluding hydrogens is 334 g/mol. The number of ether oxygens (including phenoxy) is 1. The lowest BCUT2D eigenvalue weighted by atomic mass is 10.1. The number of hydrogen-bond donors (Lipinski definition) is 0. The van der Waals surface area contributed by atoms with Crippen LogP contribution in [0.1, 0.15) is 28.2 Å². The molecule has 2 saturated heterocycles. The molecule has 5 nitrogen and oxygen atoms in total. The zero-order valence-electron chi connectivity index (χ0n) is 14.5. The van der Waals surface area contributed by atoms with Gasteiger partial charge in [-0.25, -0.2) is 0 Å². The molecule has 0 radical (unpaired) electrons. The molecule has 25 heavy (non-hydrogen) atoms. The Balaban J connectivity index is 1.37. The van der Waals surface area contributed by atoms with E-state index in [9.17, 15) is 4.79 Å². The van der Waals surface area contributed by atoms with Crippen LogP contribution < -0.4 is 0 Å². The molecule has 2 aliphatic heterocycles. The number of amides is 1. The van der Waals surface area contributed by atoms with Crippen LogP contribution >= 0.6 is 11.3 Å². The Labute approximate surface area is 152 Å². The molecule has 0 aliphatic carbocycles. The smallest absolute Gasteiger partial charge is 0.270 e. The van der Waals surface area contributed by atoms with E-state index in [0.717, 1.165) is 64.5 Å².